The van der Waals surface area contributed by atoms with Crippen LogP contribution in [0, 0.1) is 17.8 Å². The smallest absolute Gasteiger partial charge is 0.00754 e. The predicted molar refractivity (Wildman–Crippen MR) is 78.5 cm³/mol. The van der Waals surface area contributed by atoms with Crippen LogP contribution in [0.25, 0.3) is 0 Å². The zero-order chi connectivity index (χ0) is 12.7. The third-order valence-electron chi connectivity index (χ3n) is 2.00. The zero-order valence-electron chi connectivity index (χ0n) is 11.6. The highest BCUT2D eigenvalue weighted by molar-refractivity contribution is 8.06. The summed E-state index contributed by atoms with van der Waals surface area (Å²) in [6.07, 6.45) is 6.59. The largest absolute Gasteiger partial charge is 0.0980 e. The van der Waals surface area contributed by atoms with E-state index in [0.717, 1.165) is 0 Å². The van der Waals surface area contributed by atoms with Gasteiger partial charge in [-0.05, 0) is 22.7 Å². The van der Waals surface area contributed by atoms with Crippen molar-refractivity contribution in [1.29, 1.82) is 0 Å². The summed E-state index contributed by atoms with van der Waals surface area (Å²) in [6.45, 7) is 17.2. The predicted octanol–water partition coefficient (Wildman–Crippen LogP) is 5.64. The Bertz CT molecular complexity index is 267. The van der Waals surface area contributed by atoms with E-state index < -0.39 is 0 Å². The van der Waals surface area contributed by atoms with E-state index in [4.69, 9.17) is 0 Å². The molecule has 0 aliphatic heterocycles. The molecule has 0 rings (SSSR count). The Morgan fingerprint density at radius 2 is 1.44 bits per heavy atom. The molecule has 0 N–H and O–H groups in total. The fraction of sp³-hybridized carbons (Fsp3) is 0.600. The lowest BCUT2D eigenvalue weighted by atomic mass is 10.1. The van der Waals surface area contributed by atoms with Crippen LogP contribution >= 0.6 is 11.8 Å². The molecule has 0 heterocycles. The van der Waals surface area contributed by atoms with Crippen molar-refractivity contribution >= 4 is 11.8 Å². The minimum absolute atomic E-state index is 0.577. The Labute approximate surface area is 106 Å². The first-order chi connectivity index (χ1) is 7.36. The van der Waals surface area contributed by atoms with Gasteiger partial charge in [-0.1, -0.05) is 78.1 Å². The molecule has 0 aromatic heterocycles. The van der Waals surface area contributed by atoms with Crippen LogP contribution in [-0.4, -0.2) is 0 Å². The SMILES string of the molecule is C=C/C(=C\C(C)C)S/C(=C/C(C)C)C(C)C. The average Bonchev–Trinajstić information content (AvgIpc) is 2.13. The zero-order valence-corrected chi connectivity index (χ0v) is 12.4. The van der Waals surface area contributed by atoms with Crippen molar-refractivity contribution in [1.82, 2.24) is 0 Å². The van der Waals surface area contributed by atoms with E-state index in [2.05, 4.69) is 60.3 Å². The molecule has 92 valence electrons. The Morgan fingerprint density at radius 1 is 0.938 bits per heavy atom. The summed E-state index contributed by atoms with van der Waals surface area (Å²) in [5.41, 5.74) is 0. The summed E-state index contributed by atoms with van der Waals surface area (Å²) < 4.78 is 0. The molecule has 0 saturated carbocycles. The number of rotatable bonds is 6. The van der Waals surface area contributed by atoms with Gasteiger partial charge in [0.2, 0.25) is 0 Å². The summed E-state index contributed by atoms with van der Waals surface area (Å²) in [5.74, 6) is 1.77. The molecule has 0 aliphatic carbocycles. The third kappa shape index (κ3) is 6.95. The first-order valence-corrected chi connectivity index (χ1v) is 6.92. The van der Waals surface area contributed by atoms with Gasteiger partial charge in [-0.2, -0.15) is 0 Å². The summed E-state index contributed by atoms with van der Waals surface area (Å²) in [4.78, 5) is 2.72. The van der Waals surface area contributed by atoms with Gasteiger partial charge in [-0.3, -0.25) is 0 Å². The van der Waals surface area contributed by atoms with Gasteiger partial charge in [0.25, 0.3) is 0 Å². The molecule has 0 unspecified atom stereocenters. The topological polar surface area (TPSA) is 0 Å². The molecule has 0 bridgehead atoms. The minimum atomic E-state index is 0.577. The fourth-order valence-corrected chi connectivity index (χ4v) is 2.55. The van der Waals surface area contributed by atoms with Crippen molar-refractivity contribution in [3.63, 3.8) is 0 Å². The quantitative estimate of drug-likeness (QED) is 0.539. The van der Waals surface area contributed by atoms with Crippen LogP contribution in [0.5, 0.6) is 0 Å². The molecule has 0 saturated heterocycles. The van der Waals surface area contributed by atoms with Crippen LogP contribution in [0.1, 0.15) is 41.5 Å². The Kier molecular flexibility index (Phi) is 7.57. The highest BCUT2D eigenvalue weighted by atomic mass is 32.2. The number of hydrogen-bond donors (Lipinski definition) is 0. The molecule has 0 radical (unpaired) electrons. The lowest BCUT2D eigenvalue weighted by Crippen LogP contribution is -1.94. The highest BCUT2D eigenvalue weighted by Crippen LogP contribution is 2.33. The number of allylic oxidation sites excluding steroid dienone is 4. The van der Waals surface area contributed by atoms with Crippen LogP contribution < -0.4 is 0 Å². The molecule has 0 atom stereocenters. The summed E-state index contributed by atoms with van der Waals surface area (Å²) >= 11 is 1.86. The standard InChI is InChI=1S/C15H26S/c1-8-14(9-11(2)3)16-15(13(6)7)10-12(4)5/h8-13H,1H2,2-7H3/b14-9+,15-10+. The maximum Gasteiger partial charge on any atom is 0.00754 e. The van der Waals surface area contributed by atoms with E-state index in [1.165, 1.54) is 9.81 Å². The summed E-state index contributed by atoms with van der Waals surface area (Å²) in [5, 5.41) is 0. The second-order valence-corrected chi connectivity index (χ2v) is 6.23. The van der Waals surface area contributed by atoms with Crippen molar-refractivity contribution in [2.75, 3.05) is 0 Å². The molecular weight excluding hydrogens is 212 g/mol. The van der Waals surface area contributed by atoms with Gasteiger partial charge in [0.15, 0.2) is 0 Å². The van der Waals surface area contributed by atoms with Gasteiger partial charge in [0, 0.05) is 4.91 Å². The van der Waals surface area contributed by atoms with E-state index in [0.29, 0.717) is 17.8 Å². The molecule has 0 amide bonds. The van der Waals surface area contributed by atoms with Gasteiger partial charge in [0.1, 0.15) is 0 Å². The van der Waals surface area contributed by atoms with E-state index in [9.17, 15) is 0 Å². The van der Waals surface area contributed by atoms with E-state index in [1.54, 1.807) is 0 Å². The van der Waals surface area contributed by atoms with Crippen molar-refractivity contribution in [2.45, 2.75) is 41.5 Å². The van der Waals surface area contributed by atoms with Gasteiger partial charge in [0.05, 0.1) is 0 Å². The first kappa shape index (κ1) is 15.6. The average molecular weight is 238 g/mol. The third-order valence-corrected chi connectivity index (χ3v) is 3.38. The second-order valence-electron chi connectivity index (χ2n) is 5.09. The molecule has 0 nitrogen and oxygen atoms in total. The Morgan fingerprint density at radius 3 is 1.75 bits per heavy atom. The molecule has 0 aliphatic rings. The van der Waals surface area contributed by atoms with Crippen molar-refractivity contribution in [2.24, 2.45) is 17.8 Å². The van der Waals surface area contributed by atoms with Crippen molar-refractivity contribution in [3.8, 4) is 0 Å². The Hall–Kier alpha value is -0.430. The van der Waals surface area contributed by atoms with Gasteiger partial charge in [-0.15, -0.1) is 0 Å². The maximum absolute atomic E-state index is 3.89. The summed E-state index contributed by atoms with van der Waals surface area (Å²) in [7, 11) is 0. The molecule has 0 fully saturated rings. The van der Waals surface area contributed by atoms with Crippen LogP contribution in [0.15, 0.2) is 34.6 Å². The normalized spacial score (nSPS) is 14.1. The van der Waals surface area contributed by atoms with Gasteiger partial charge < -0.3 is 0 Å². The molecule has 0 spiro atoms. The minimum Gasteiger partial charge on any atom is -0.0980 e. The molecular formula is C15H26S. The Balaban J connectivity index is 4.80. The van der Waals surface area contributed by atoms with Crippen LogP contribution in [0.2, 0.25) is 0 Å². The number of hydrogen-bond acceptors (Lipinski definition) is 1. The van der Waals surface area contributed by atoms with Crippen LogP contribution in [0.3, 0.4) is 0 Å². The van der Waals surface area contributed by atoms with Gasteiger partial charge in [-0.25, -0.2) is 0 Å². The fourth-order valence-electron chi connectivity index (χ4n) is 1.28. The maximum atomic E-state index is 3.89. The highest BCUT2D eigenvalue weighted by Gasteiger charge is 2.07. The first-order valence-electron chi connectivity index (χ1n) is 6.10. The second kappa shape index (κ2) is 7.78. The number of thioether (sulfide) groups is 1. The lowest BCUT2D eigenvalue weighted by molar-refractivity contribution is 0.769. The van der Waals surface area contributed by atoms with E-state index in [-0.39, 0.29) is 0 Å². The molecule has 0 aromatic carbocycles. The monoisotopic (exact) mass is 238 g/mol. The molecule has 1 heteroatoms. The van der Waals surface area contributed by atoms with Gasteiger partial charge >= 0.3 is 0 Å². The lowest BCUT2D eigenvalue weighted by Gasteiger charge is -2.13. The van der Waals surface area contributed by atoms with Crippen molar-refractivity contribution < 1.29 is 0 Å². The molecule has 16 heavy (non-hydrogen) atoms. The summed E-state index contributed by atoms with van der Waals surface area (Å²) in [6, 6.07) is 0. The van der Waals surface area contributed by atoms with E-state index in [1.807, 2.05) is 17.8 Å². The molecule has 0 aromatic rings. The van der Waals surface area contributed by atoms with E-state index >= 15 is 0 Å². The van der Waals surface area contributed by atoms with Crippen LogP contribution in [0.4, 0.5) is 0 Å². The van der Waals surface area contributed by atoms with Crippen LogP contribution in [-0.2, 0) is 0 Å². The van der Waals surface area contributed by atoms with Crippen molar-refractivity contribution in [3.05, 3.63) is 34.6 Å².